The number of carbonyl (C=O) groups is 1. The minimum absolute atomic E-state index is 0.0112. The Balaban J connectivity index is 1.94. The lowest BCUT2D eigenvalue weighted by atomic mass is 10.0. The Morgan fingerprint density at radius 3 is 2.67 bits per heavy atom. The number of anilines is 1. The van der Waals surface area contributed by atoms with E-state index in [-0.39, 0.29) is 5.91 Å². The molecule has 6 heteroatoms. The van der Waals surface area contributed by atoms with Crippen LogP contribution in [0.25, 0.3) is 0 Å². The number of thiazole rings is 2. The molecular formula is C18H23N3OS2. The van der Waals surface area contributed by atoms with Gasteiger partial charge in [0.25, 0.3) is 5.91 Å². The van der Waals surface area contributed by atoms with Crippen molar-refractivity contribution in [1.29, 1.82) is 0 Å². The third-order valence-electron chi connectivity index (χ3n) is 4.12. The molecule has 0 aromatic carbocycles. The summed E-state index contributed by atoms with van der Waals surface area (Å²) in [5.74, 6) is 0.318. The van der Waals surface area contributed by atoms with Crippen molar-refractivity contribution >= 4 is 33.7 Å². The van der Waals surface area contributed by atoms with Gasteiger partial charge in [-0.2, -0.15) is 0 Å². The van der Waals surface area contributed by atoms with Gasteiger partial charge in [0, 0.05) is 17.3 Å². The molecule has 0 fully saturated rings. The van der Waals surface area contributed by atoms with Crippen LogP contribution in [0.5, 0.6) is 0 Å². The minimum Gasteiger partial charge on any atom is -0.279 e. The van der Waals surface area contributed by atoms with Crippen LogP contribution in [0.15, 0.2) is 12.7 Å². The topological polar surface area (TPSA) is 46.1 Å². The summed E-state index contributed by atoms with van der Waals surface area (Å²) in [4.78, 5) is 26.2. The summed E-state index contributed by atoms with van der Waals surface area (Å²) in [5.41, 5.74) is 1.98. The van der Waals surface area contributed by atoms with Gasteiger partial charge in [0.2, 0.25) is 0 Å². The summed E-state index contributed by atoms with van der Waals surface area (Å²) in [6, 6.07) is 0. The van der Waals surface area contributed by atoms with Crippen LogP contribution in [-0.4, -0.2) is 22.4 Å². The summed E-state index contributed by atoms with van der Waals surface area (Å²) in [6.45, 7) is 10.4. The average molecular weight is 362 g/mol. The average Bonchev–Trinajstić information content (AvgIpc) is 3.15. The number of aryl methyl sites for hydroxylation is 3. The second-order valence-electron chi connectivity index (χ2n) is 6.40. The van der Waals surface area contributed by atoms with Gasteiger partial charge in [0.1, 0.15) is 4.88 Å². The van der Waals surface area contributed by atoms with Gasteiger partial charge in [-0.25, -0.2) is 9.97 Å². The zero-order valence-corrected chi connectivity index (χ0v) is 16.1. The highest BCUT2D eigenvalue weighted by Crippen LogP contribution is 2.34. The molecular weight excluding hydrogens is 338 g/mol. The maximum atomic E-state index is 13.1. The Morgan fingerprint density at radius 2 is 2.04 bits per heavy atom. The van der Waals surface area contributed by atoms with Crippen molar-refractivity contribution < 1.29 is 4.79 Å². The van der Waals surface area contributed by atoms with Crippen LogP contribution >= 0.6 is 22.7 Å². The van der Waals surface area contributed by atoms with E-state index in [2.05, 4.69) is 25.4 Å². The van der Waals surface area contributed by atoms with E-state index >= 15 is 0 Å². The largest absolute Gasteiger partial charge is 0.279 e. The molecule has 1 aliphatic carbocycles. The summed E-state index contributed by atoms with van der Waals surface area (Å²) >= 11 is 3.16. The van der Waals surface area contributed by atoms with Gasteiger partial charge in [-0.15, -0.1) is 29.3 Å². The fourth-order valence-corrected chi connectivity index (χ4v) is 4.99. The second-order valence-corrected chi connectivity index (χ2v) is 8.49. The number of aromatic nitrogens is 2. The van der Waals surface area contributed by atoms with Crippen molar-refractivity contribution in [2.45, 2.75) is 52.4 Å². The Kier molecular flexibility index (Phi) is 5.15. The summed E-state index contributed by atoms with van der Waals surface area (Å²) in [5, 5.41) is 1.80. The van der Waals surface area contributed by atoms with E-state index in [1.54, 1.807) is 22.3 Å². The lowest BCUT2D eigenvalue weighted by molar-refractivity contribution is 0.0993. The molecule has 0 aliphatic heterocycles. The third kappa shape index (κ3) is 3.30. The first kappa shape index (κ1) is 17.3. The highest BCUT2D eigenvalue weighted by molar-refractivity contribution is 7.16. The smallest absolute Gasteiger partial charge is 0.272 e. The lowest BCUT2D eigenvalue weighted by Gasteiger charge is -2.17. The van der Waals surface area contributed by atoms with Gasteiger partial charge < -0.3 is 0 Å². The number of carbonyl (C=O) groups excluding carboxylic acids is 1. The molecule has 2 aromatic rings. The Hall–Kier alpha value is -1.53. The van der Waals surface area contributed by atoms with Crippen molar-refractivity contribution in [2.75, 3.05) is 11.4 Å². The van der Waals surface area contributed by atoms with Crippen LogP contribution in [0, 0.1) is 6.92 Å². The zero-order chi connectivity index (χ0) is 17.3. The molecule has 1 aliphatic rings. The molecule has 0 unspecified atom stereocenters. The summed E-state index contributed by atoms with van der Waals surface area (Å²) < 4.78 is 0. The third-order valence-corrected chi connectivity index (χ3v) is 6.75. The van der Waals surface area contributed by atoms with Crippen LogP contribution in [-0.2, 0) is 12.8 Å². The van der Waals surface area contributed by atoms with E-state index < -0.39 is 0 Å². The molecule has 0 saturated heterocycles. The van der Waals surface area contributed by atoms with Crippen molar-refractivity contribution in [2.24, 2.45) is 0 Å². The molecule has 24 heavy (non-hydrogen) atoms. The minimum atomic E-state index is -0.0112. The summed E-state index contributed by atoms with van der Waals surface area (Å²) in [6.07, 6.45) is 6.28. The molecule has 4 nitrogen and oxygen atoms in total. The second kappa shape index (κ2) is 7.15. The molecule has 128 valence electrons. The Morgan fingerprint density at radius 1 is 1.29 bits per heavy atom. The Bertz CT molecular complexity index is 737. The monoisotopic (exact) mass is 361 g/mol. The van der Waals surface area contributed by atoms with Gasteiger partial charge in [0.15, 0.2) is 5.13 Å². The number of hydrogen-bond donors (Lipinski definition) is 0. The van der Waals surface area contributed by atoms with E-state index in [0.717, 1.165) is 28.7 Å². The first-order valence-electron chi connectivity index (χ1n) is 8.40. The predicted molar refractivity (Wildman–Crippen MR) is 102 cm³/mol. The van der Waals surface area contributed by atoms with E-state index in [4.69, 9.17) is 4.98 Å². The number of rotatable bonds is 5. The first-order valence-corrected chi connectivity index (χ1v) is 10.0. The molecule has 0 radical (unpaired) electrons. The number of amides is 1. The predicted octanol–water partition coefficient (Wildman–Crippen LogP) is 4.74. The van der Waals surface area contributed by atoms with Crippen molar-refractivity contribution in [1.82, 2.24) is 9.97 Å². The van der Waals surface area contributed by atoms with E-state index in [1.807, 2.05) is 6.92 Å². The Labute approximate surface area is 151 Å². The molecule has 0 saturated carbocycles. The fourth-order valence-electron chi connectivity index (χ4n) is 2.82. The molecule has 0 spiro atoms. The molecule has 1 amide bonds. The van der Waals surface area contributed by atoms with Crippen LogP contribution in [0.1, 0.15) is 63.6 Å². The number of fused-ring (bicyclic) bond motifs is 1. The summed E-state index contributed by atoms with van der Waals surface area (Å²) in [7, 11) is 0. The van der Waals surface area contributed by atoms with Crippen LogP contribution in [0.2, 0.25) is 0 Å². The molecule has 2 aromatic heterocycles. The van der Waals surface area contributed by atoms with Crippen LogP contribution < -0.4 is 4.90 Å². The van der Waals surface area contributed by atoms with Crippen molar-refractivity contribution in [3.63, 3.8) is 0 Å². The molecule has 0 N–H and O–H groups in total. The standard InChI is InChI=1S/C18H23N3OS2/c1-5-10-21(18-20-13-8-6-7-9-14(13)23-18)17(22)15-12(4)19-16(24-15)11(2)3/h5,11H,1,6-10H2,2-4H3. The quantitative estimate of drug-likeness (QED) is 0.722. The molecule has 2 heterocycles. The van der Waals surface area contributed by atoms with E-state index in [1.165, 1.54) is 34.7 Å². The van der Waals surface area contributed by atoms with Crippen LogP contribution in [0.4, 0.5) is 5.13 Å². The fraction of sp³-hybridized carbons (Fsp3) is 0.500. The van der Waals surface area contributed by atoms with Gasteiger partial charge in [-0.1, -0.05) is 19.9 Å². The number of nitrogens with zero attached hydrogens (tertiary/aromatic N) is 3. The van der Waals surface area contributed by atoms with E-state index in [9.17, 15) is 4.79 Å². The highest BCUT2D eigenvalue weighted by Gasteiger charge is 2.26. The van der Waals surface area contributed by atoms with Crippen molar-refractivity contribution in [3.05, 3.63) is 38.8 Å². The first-order chi connectivity index (χ1) is 11.5. The maximum absolute atomic E-state index is 13.1. The lowest BCUT2D eigenvalue weighted by Crippen LogP contribution is -2.30. The van der Waals surface area contributed by atoms with E-state index in [0.29, 0.717) is 17.3 Å². The van der Waals surface area contributed by atoms with Crippen molar-refractivity contribution in [3.8, 4) is 0 Å². The molecule has 3 rings (SSSR count). The van der Waals surface area contributed by atoms with Gasteiger partial charge in [-0.3, -0.25) is 9.69 Å². The molecule has 0 bridgehead atoms. The van der Waals surface area contributed by atoms with Gasteiger partial charge >= 0.3 is 0 Å². The number of hydrogen-bond acceptors (Lipinski definition) is 5. The maximum Gasteiger partial charge on any atom is 0.272 e. The molecule has 0 atom stereocenters. The highest BCUT2D eigenvalue weighted by atomic mass is 32.1. The zero-order valence-electron chi connectivity index (χ0n) is 14.5. The van der Waals surface area contributed by atoms with Gasteiger partial charge in [0.05, 0.1) is 16.4 Å². The normalized spacial score (nSPS) is 13.8. The van der Waals surface area contributed by atoms with Gasteiger partial charge in [-0.05, 0) is 32.6 Å². The SMILES string of the molecule is C=CCN(C(=O)c1sc(C(C)C)nc1C)c1nc2c(s1)CCCC2. The van der Waals surface area contributed by atoms with Crippen LogP contribution in [0.3, 0.4) is 0 Å².